The molecule has 0 aliphatic carbocycles. The SMILES string of the molecule is CCCCC/C=C\C/C=C\CCCCCCCCCCCCCCCCCC(=O)OC(/C=C/CCCCCCCCCCCCC)C(COP(=O)(O)OCC[N+](C)(C)C)NC(=O)CCCCCCCCCCCCCCCCCCCCC. The van der Waals surface area contributed by atoms with Crippen LogP contribution in [0.4, 0.5) is 0 Å². The quantitative estimate of drug-likeness (QED) is 0.0205. The van der Waals surface area contributed by atoms with Gasteiger partial charge in [-0.25, -0.2) is 4.57 Å². The maximum absolute atomic E-state index is 13.6. The minimum Gasteiger partial charge on any atom is -0.456 e. The molecule has 0 aromatic carbocycles. The number of carbonyl (C=O) groups excluding carboxylic acids is 2. The molecule has 0 radical (unpaired) electrons. The van der Waals surface area contributed by atoms with Gasteiger partial charge in [0.15, 0.2) is 0 Å². The zero-order valence-electron chi connectivity index (χ0n) is 56.2. The van der Waals surface area contributed by atoms with E-state index >= 15 is 0 Å². The summed E-state index contributed by atoms with van der Waals surface area (Å²) in [6, 6.07) is -0.844. The topological polar surface area (TPSA) is 111 Å². The van der Waals surface area contributed by atoms with E-state index in [1.807, 2.05) is 27.2 Å². The molecule has 10 heteroatoms. The molecule has 0 fully saturated rings. The number of carbonyl (C=O) groups is 2. The van der Waals surface area contributed by atoms with Gasteiger partial charge in [0.2, 0.25) is 5.91 Å². The zero-order chi connectivity index (χ0) is 60.7. The fraction of sp³-hybridized carbons (Fsp3) is 0.890. The monoisotopic (exact) mass is 1190 g/mol. The molecule has 0 aliphatic rings. The Morgan fingerprint density at radius 3 is 1.11 bits per heavy atom. The first-order valence-corrected chi connectivity index (χ1v) is 37.8. The van der Waals surface area contributed by atoms with Crippen LogP contribution < -0.4 is 5.32 Å². The summed E-state index contributed by atoms with van der Waals surface area (Å²) in [5, 5.41) is 3.08. The minimum atomic E-state index is -4.45. The number of hydrogen-bond donors (Lipinski definition) is 2. The third-order valence-electron chi connectivity index (χ3n) is 16.6. The molecule has 0 rings (SSSR count). The Morgan fingerprint density at radius 1 is 0.422 bits per heavy atom. The summed E-state index contributed by atoms with van der Waals surface area (Å²) in [4.78, 5) is 37.9. The zero-order valence-corrected chi connectivity index (χ0v) is 57.1. The lowest BCUT2D eigenvalue weighted by atomic mass is 10.0. The van der Waals surface area contributed by atoms with Gasteiger partial charge < -0.3 is 19.4 Å². The fourth-order valence-corrected chi connectivity index (χ4v) is 11.7. The first-order chi connectivity index (χ1) is 40.4. The Kier molecular flexibility index (Phi) is 61.9. The second-order valence-electron chi connectivity index (χ2n) is 26.1. The first-order valence-electron chi connectivity index (χ1n) is 36.3. The number of amides is 1. The molecule has 0 spiro atoms. The van der Waals surface area contributed by atoms with Crippen molar-refractivity contribution in [3.05, 3.63) is 36.5 Å². The van der Waals surface area contributed by atoms with Gasteiger partial charge >= 0.3 is 13.8 Å². The first kappa shape index (κ1) is 81.2. The molecule has 0 bridgehead atoms. The molecule has 0 aromatic rings. The number of quaternary nitrogens is 1. The van der Waals surface area contributed by atoms with Gasteiger partial charge in [0.1, 0.15) is 19.3 Å². The molecule has 2 N–H and O–H groups in total. The maximum Gasteiger partial charge on any atom is 0.472 e. The summed E-state index contributed by atoms with van der Waals surface area (Å²) in [5.74, 6) is -0.482. The highest BCUT2D eigenvalue weighted by atomic mass is 31.2. The molecule has 3 unspecified atom stereocenters. The van der Waals surface area contributed by atoms with Crippen molar-refractivity contribution in [1.29, 1.82) is 0 Å². The average Bonchev–Trinajstić information content (AvgIpc) is 3.46. The van der Waals surface area contributed by atoms with E-state index in [1.165, 1.54) is 270 Å². The second kappa shape index (κ2) is 63.3. The Hall–Kier alpha value is -1.77. The van der Waals surface area contributed by atoms with Crippen LogP contribution in [0.1, 0.15) is 367 Å². The number of phosphoric acid groups is 1. The van der Waals surface area contributed by atoms with Crippen LogP contribution in [0.3, 0.4) is 0 Å². The van der Waals surface area contributed by atoms with Crippen molar-refractivity contribution < 1.29 is 37.3 Å². The van der Waals surface area contributed by atoms with Crippen LogP contribution in [0.25, 0.3) is 0 Å². The summed E-state index contributed by atoms with van der Waals surface area (Å²) >= 11 is 0. The molecule has 9 nitrogen and oxygen atoms in total. The number of nitrogens with zero attached hydrogens (tertiary/aromatic N) is 1. The van der Waals surface area contributed by atoms with E-state index in [-0.39, 0.29) is 25.1 Å². The number of ether oxygens (including phenoxy) is 1. The lowest BCUT2D eigenvalue weighted by molar-refractivity contribution is -0.870. The van der Waals surface area contributed by atoms with Crippen molar-refractivity contribution in [3.63, 3.8) is 0 Å². The molecule has 0 aromatic heterocycles. The second-order valence-corrected chi connectivity index (χ2v) is 27.6. The molecular weight excluding hydrogens is 1050 g/mol. The van der Waals surface area contributed by atoms with Crippen molar-refractivity contribution >= 4 is 19.7 Å². The fourth-order valence-electron chi connectivity index (χ4n) is 11.0. The van der Waals surface area contributed by atoms with Crippen molar-refractivity contribution in [2.24, 2.45) is 0 Å². The van der Waals surface area contributed by atoms with E-state index in [4.69, 9.17) is 13.8 Å². The van der Waals surface area contributed by atoms with Gasteiger partial charge in [-0.2, -0.15) is 0 Å². The number of nitrogens with one attached hydrogen (secondary N) is 1. The predicted octanol–water partition coefficient (Wildman–Crippen LogP) is 23.0. The Labute approximate surface area is 516 Å². The highest BCUT2D eigenvalue weighted by Crippen LogP contribution is 2.43. The van der Waals surface area contributed by atoms with Gasteiger partial charge in [0.25, 0.3) is 0 Å². The summed E-state index contributed by atoms with van der Waals surface area (Å²) in [6.07, 6.45) is 78.7. The minimum absolute atomic E-state index is 0.0438. The van der Waals surface area contributed by atoms with Gasteiger partial charge in [-0.15, -0.1) is 0 Å². The number of unbranched alkanes of at least 4 members (excludes halogenated alkanes) is 47. The molecule has 3 atom stereocenters. The van der Waals surface area contributed by atoms with Gasteiger partial charge in [0.05, 0.1) is 33.8 Å². The van der Waals surface area contributed by atoms with Crippen LogP contribution in [0.2, 0.25) is 0 Å². The van der Waals surface area contributed by atoms with Crippen LogP contribution in [0.15, 0.2) is 36.5 Å². The summed E-state index contributed by atoms with van der Waals surface area (Å²) in [5.41, 5.74) is 0. The molecule has 0 saturated carbocycles. The Balaban J connectivity index is 5.04. The van der Waals surface area contributed by atoms with Crippen LogP contribution in [0.5, 0.6) is 0 Å². The molecular formula is C73H142N2O7P+. The number of rotatable bonds is 67. The lowest BCUT2D eigenvalue weighted by Crippen LogP contribution is -2.47. The number of hydrogen-bond acceptors (Lipinski definition) is 6. The van der Waals surface area contributed by atoms with E-state index in [0.29, 0.717) is 23.9 Å². The summed E-state index contributed by atoms with van der Waals surface area (Å²) in [6.45, 7) is 7.06. The van der Waals surface area contributed by atoms with Gasteiger partial charge in [-0.05, 0) is 63.9 Å². The van der Waals surface area contributed by atoms with Crippen molar-refractivity contribution in [3.8, 4) is 0 Å². The molecule has 0 aliphatic heterocycles. The van der Waals surface area contributed by atoms with Gasteiger partial charge in [-0.1, -0.05) is 327 Å². The molecule has 1 amide bonds. The third kappa shape index (κ3) is 64.5. The highest BCUT2D eigenvalue weighted by Gasteiger charge is 2.30. The van der Waals surface area contributed by atoms with E-state index in [1.54, 1.807) is 0 Å². The third-order valence-corrected chi connectivity index (χ3v) is 17.6. The molecule has 0 heterocycles. The van der Waals surface area contributed by atoms with Gasteiger partial charge in [-0.3, -0.25) is 18.6 Å². The highest BCUT2D eigenvalue weighted by molar-refractivity contribution is 7.47. The van der Waals surface area contributed by atoms with Crippen LogP contribution in [-0.2, 0) is 27.9 Å². The smallest absolute Gasteiger partial charge is 0.456 e. The van der Waals surface area contributed by atoms with Crippen LogP contribution >= 0.6 is 7.82 Å². The lowest BCUT2D eigenvalue weighted by Gasteiger charge is -2.27. The predicted molar refractivity (Wildman–Crippen MR) is 360 cm³/mol. The van der Waals surface area contributed by atoms with E-state index in [9.17, 15) is 19.0 Å². The number of phosphoric ester groups is 1. The van der Waals surface area contributed by atoms with Crippen LogP contribution in [-0.4, -0.2) is 74.3 Å². The number of likely N-dealkylation sites (N-methyl/N-ethyl adjacent to an activating group) is 1. The van der Waals surface area contributed by atoms with E-state index < -0.39 is 20.0 Å². The van der Waals surface area contributed by atoms with Crippen molar-refractivity contribution in [2.75, 3.05) is 40.9 Å². The number of esters is 1. The summed E-state index contributed by atoms with van der Waals surface area (Å²) < 4.78 is 30.9. The normalized spacial score (nSPS) is 13.7. The Bertz CT molecular complexity index is 1510. The van der Waals surface area contributed by atoms with Gasteiger partial charge in [0, 0.05) is 12.8 Å². The standard InChI is InChI=1S/C73H141N2O7P/c1-7-10-13-16-19-22-25-28-30-32-34-35-36-37-38-39-41-43-45-48-51-54-57-60-63-66-73(77)82-71(64-61-58-55-52-49-46-27-24-21-18-15-12-9-3)70(69-81-83(78,79)80-68-67-75(4,5)6)74-72(76)65-62-59-56-53-50-47-44-42-40-33-31-29-26-23-20-17-14-11-8-2/h19,22,28,30,61,64,70-71H,7-18,20-21,23-27,29,31-60,62-63,65-69H2,1-6H3,(H-,74,76,78,79)/p+1/b22-19-,30-28-,64-61+. The number of allylic oxidation sites excluding steroid dienone is 5. The maximum atomic E-state index is 13.6. The molecule has 490 valence electrons. The largest absolute Gasteiger partial charge is 0.472 e. The Morgan fingerprint density at radius 2 is 0.735 bits per heavy atom. The average molecular weight is 1190 g/mol. The van der Waals surface area contributed by atoms with E-state index in [2.05, 4.69) is 56.5 Å². The van der Waals surface area contributed by atoms with Crippen molar-refractivity contribution in [1.82, 2.24) is 5.32 Å². The molecule has 0 saturated heterocycles. The van der Waals surface area contributed by atoms with E-state index in [0.717, 1.165) is 64.2 Å². The summed E-state index contributed by atoms with van der Waals surface area (Å²) in [7, 11) is 1.52. The molecule has 83 heavy (non-hydrogen) atoms. The van der Waals surface area contributed by atoms with Crippen molar-refractivity contribution in [2.45, 2.75) is 380 Å². The van der Waals surface area contributed by atoms with Crippen LogP contribution in [0, 0.1) is 0 Å².